The van der Waals surface area contributed by atoms with Gasteiger partial charge in [0, 0.05) is 65.3 Å². The Morgan fingerprint density at radius 1 is 1.06 bits per heavy atom. The Bertz CT molecular complexity index is 743. The first kappa shape index (κ1) is 23.7. The van der Waals surface area contributed by atoms with E-state index in [1.165, 1.54) is 12.2 Å². The molecule has 2 fully saturated rings. The molecular formula is C22H34N4O4S. The van der Waals surface area contributed by atoms with Gasteiger partial charge in [0.15, 0.2) is 0 Å². The predicted molar refractivity (Wildman–Crippen MR) is 122 cm³/mol. The van der Waals surface area contributed by atoms with Gasteiger partial charge >= 0.3 is 6.09 Å². The lowest BCUT2D eigenvalue weighted by Crippen LogP contribution is -2.63. The Kier molecular flexibility index (Phi) is 8.07. The van der Waals surface area contributed by atoms with Crippen molar-refractivity contribution in [1.29, 1.82) is 0 Å². The highest BCUT2D eigenvalue weighted by atomic mass is 32.2. The monoisotopic (exact) mass is 450 g/mol. The number of ether oxygens (including phenoxy) is 1. The molecule has 0 spiro atoms. The maximum absolute atomic E-state index is 12.8. The Labute approximate surface area is 189 Å². The average molecular weight is 451 g/mol. The number of benzene rings is 1. The largest absolute Gasteiger partial charge is 0.444 e. The molecule has 0 radical (unpaired) electrons. The first-order chi connectivity index (χ1) is 14.7. The van der Waals surface area contributed by atoms with Gasteiger partial charge in [-0.25, -0.2) is 9.10 Å². The highest BCUT2D eigenvalue weighted by molar-refractivity contribution is 7.92. The number of rotatable bonds is 6. The normalized spacial score (nSPS) is 19.8. The number of hydrogen-bond acceptors (Lipinski definition) is 7. The Morgan fingerprint density at radius 3 is 2.39 bits per heavy atom. The molecule has 31 heavy (non-hydrogen) atoms. The van der Waals surface area contributed by atoms with E-state index in [1.54, 1.807) is 4.90 Å². The van der Waals surface area contributed by atoms with E-state index in [1.807, 2.05) is 67.4 Å². The van der Waals surface area contributed by atoms with Crippen LogP contribution in [0.25, 0.3) is 0 Å². The van der Waals surface area contributed by atoms with Crippen LogP contribution >= 0.6 is 12.2 Å². The van der Waals surface area contributed by atoms with E-state index in [9.17, 15) is 9.59 Å². The van der Waals surface area contributed by atoms with E-state index in [-0.39, 0.29) is 18.0 Å². The summed E-state index contributed by atoms with van der Waals surface area (Å²) < 4.78 is 13.1. The van der Waals surface area contributed by atoms with Gasteiger partial charge in [-0.15, -0.1) is 0 Å². The maximum Gasteiger partial charge on any atom is 0.410 e. The third kappa shape index (κ3) is 7.29. The summed E-state index contributed by atoms with van der Waals surface area (Å²) >= 11 is 1.24. The molecule has 0 aliphatic carbocycles. The second-order valence-electron chi connectivity index (χ2n) is 9.03. The zero-order valence-corrected chi connectivity index (χ0v) is 19.8. The summed E-state index contributed by atoms with van der Waals surface area (Å²) in [6, 6.07) is 9.75. The first-order valence-electron chi connectivity index (χ1n) is 10.8. The molecule has 9 heteroatoms. The summed E-state index contributed by atoms with van der Waals surface area (Å²) in [5.41, 5.74) is -0.503. The lowest BCUT2D eigenvalue weighted by molar-refractivity contribution is -0.135. The smallest absolute Gasteiger partial charge is 0.410 e. The number of hydrogen-bond donors (Lipinski definition) is 0. The van der Waals surface area contributed by atoms with Gasteiger partial charge in [-0.3, -0.25) is 9.69 Å². The quantitative estimate of drug-likeness (QED) is 0.488. The van der Waals surface area contributed by atoms with Gasteiger partial charge in [-0.2, -0.15) is 0 Å². The minimum Gasteiger partial charge on any atom is -0.444 e. The molecule has 172 valence electrons. The molecule has 0 aromatic heterocycles. The maximum atomic E-state index is 12.8. The van der Waals surface area contributed by atoms with Gasteiger partial charge in [0.25, 0.3) is 0 Å². The molecule has 3 rings (SSSR count). The number of fused-ring (bicyclic) bond motifs is 1. The van der Waals surface area contributed by atoms with Crippen LogP contribution in [0.5, 0.6) is 5.75 Å². The summed E-state index contributed by atoms with van der Waals surface area (Å²) in [7, 11) is 1.92. The number of piperazine rings is 2. The molecule has 2 saturated heterocycles. The van der Waals surface area contributed by atoms with Crippen LogP contribution in [0.4, 0.5) is 4.79 Å². The van der Waals surface area contributed by atoms with Crippen LogP contribution in [0.15, 0.2) is 30.3 Å². The number of carbonyl (C=O) groups is 2. The van der Waals surface area contributed by atoms with Crippen LogP contribution in [0, 0.1) is 0 Å². The minimum atomic E-state index is -0.503. The summed E-state index contributed by atoms with van der Waals surface area (Å²) in [6.45, 7) is 10.6. The van der Waals surface area contributed by atoms with Crippen LogP contribution in [-0.4, -0.2) is 95.5 Å². The SMILES string of the molecule is CN(CCC(=O)N1CCN2CCN(C(=O)OC(C)(C)C)CC2C1)SOc1ccccc1. The van der Waals surface area contributed by atoms with Crippen molar-refractivity contribution in [1.82, 2.24) is 19.0 Å². The summed E-state index contributed by atoms with van der Waals surface area (Å²) in [5.74, 6) is 0.926. The van der Waals surface area contributed by atoms with Crippen molar-refractivity contribution in [2.45, 2.75) is 38.8 Å². The predicted octanol–water partition coefficient (Wildman–Crippen LogP) is 2.71. The second kappa shape index (κ2) is 10.6. The standard InChI is InChI=1S/C22H34N4O4S/c1-22(2,3)29-21(28)26-15-13-24-12-14-25(16-18(24)17-26)20(27)10-11-23(4)31-30-19-8-6-5-7-9-19/h5-9,18H,10-17H2,1-4H3. The summed E-state index contributed by atoms with van der Waals surface area (Å²) in [6.07, 6.45) is 0.164. The molecule has 2 heterocycles. The Balaban J connectivity index is 1.42. The summed E-state index contributed by atoms with van der Waals surface area (Å²) in [5, 5.41) is 0. The zero-order valence-electron chi connectivity index (χ0n) is 19.0. The molecule has 0 N–H and O–H groups in total. The van der Waals surface area contributed by atoms with Gasteiger partial charge in [0.1, 0.15) is 23.6 Å². The minimum absolute atomic E-state index is 0.140. The summed E-state index contributed by atoms with van der Waals surface area (Å²) in [4.78, 5) is 31.3. The molecule has 2 aliphatic rings. The van der Waals surface area contributed by atoms with Gasteiger partial charge in [-0.05, 0) is 32.9 Å². The highest BCUT2D eigenvalue weighted by Crippen LogP contribution is 2.20. The second-order valence-corrected chi connectivity index (χ2v) is 9.97. The van der Waals surface area contributed by atoms with E-state index in [0.717, 1.165) is 25.4 Å². The fraction of sp³-hybridized carbons (Fsp3) is 0.636. The van der Waals surface area contributed by atoms with E-state index in [4.69, 9.17) is 8.92 Å². The number of para-hydroxylation sites is 1. The molecule has 1 aromatic rings. The van der Waals surface area contributed by atoms with Crippen molar-refractivity contribution in [3.63, 3.8) is 0 Å². The van der Waals surface area contributed by atoms with Crippen molar-refractivity contribution in [2.24, 2.45) is 0 Å². The third-order valence-corrected chi connectivity index (χ3v) is 6.05. The van der Waals surface area contributed by atoms with Crippen molar-refractivity contribution in [3.05, 3.63) is 30.3 Å². The first-order valence-corrected chi connectivity index (χ1v) is 11.5. The third-order valence-electron chi connectivity index (χ3n) is 5.34. The molecule has 1 atom stereocenters. The zero-order chi connectivity index (χ0) is 22.4. The van der Waals surface area contributed by atoms with Crippen LogP contribution in [0.3, 0.4) is 0 Å². The Hall–Kier alpha value is -1.97. The van der Waals surface area contributed by atoms with Gasteiger partial charge < -0.3 is 18.7 Å². The van der Waals surface area contributed by atoms with E-state index in [2.05, 4.69) is 4.90 Å². The van der Waals surface area contributed by atoms with Gasteiger partial charge in [0.05, 0.1) is 0 Å². The van der Waals surface area contributed by atoms with E-state index >= 15 is 0 Å². The lowest BCUT2D eigenvalue weighted by Gasteiger charge is -2.47. The van der Waals surface area contributed by atoms with Gasteiger partial charge in [-0.1, -0.05) is 18.2 Å². The lowest BCUT2D eigenvalue weighted by atomic mass is 10.1. The fourth-order valence-electron chi connectivity index (χ4n) is 3.71. The van der Waals surface area contributed by atoms with Crippen LogP contribution < -0.4 is 4.18 Å². The highest BCUT2D eigenvalue weighted by Gasteiger charge is 2.36. The van der Waals surface area contributed by atoms with Crippen LogP contribution in [0.2, 0.25) is 0 Å². The van der Waals surface area contributed by atoms with Crippen LogP contribution in [0.1, 0.15) is 27.2 Å². The van der Waals surface area contributed by atoms with Crippen molar-refractivity contribution in [2.75, 3.05) is 52.9 Å². The van der Waals surface area contributed by atoms with Gasteiger partial charge in [0.2, 0.25) is 5.91 Å². The van der Waals surface area contributed by atoms with Crippen molar-refractivity contribution >= 4 is 24.2 Å². The number of carbonyl (C=O) groups excluding carboxylic acids is 2. The van der Waals surface area contributed by atoms with E-state index in [0.29, 0.717) is 32.6 Å². The molecular weight excluding hydrogens is 416 g/mol. The van der Waals surface area contributed by atoms with Crippen LogP contribution in [-0.2, 0) is 9.53 Å². The fourth-order valence-corrected chi connectivity index (χ4v) is 4.20. The van der Waals surface area contributed by atoms with E-state index < -0.39 is 5.60 Å². The number of amides is 2. The topological polar surface area (TPSA) is 65.6 Å². The average Bonchev–Trinajstić information content (AvgIpc) is 2.74. The molecule has 1 unspecified atom stereocenters. The molecule has 2 amide bonds. The molecule has 0 bridgehead atoms. The molecule has 2 aliphatic heterocycles. The molecule has 1 aromatic carbocycles. The number of nitrogens with zero attached hydrogens (tertiary/aromatic N) is 4. The van der Waals surface area contributed by atoms with Crippen molar-refractivity contribution < 1.29 is 18.5 Å². The Morgan fingerprint density at radius 2 is 1.71 bits per heavy atom. The van der Waals surface area contributed by atoms with Crippen molar-refractivity contribution in [3.8, 4) is 5.75 Å². The molecule has 0 saturated carbocycles. The molecule has 8 nitrogen and oxygen atoms in total.